The monoisotopic (exact) mass is 228 g/mol. The highest BCUT2D eigenvalue weighted by Crippen LogP contribution is 2.18. The van der Waals surface area contributed by atoms with Crippen molar-refractivity contribution >= 4 is 6.21 Å². The van der Waals surface area contributed by atoms with Gasteiger partial charge < -0.3 is 4.84 Å². The van der Waals surface area contributed by atoms with Crippen LogP contribution in [0.5, 0.6) is 0 Å². The third kappa shape index (κ3) is 3.74. The Hall–Kier alpha value is -1.57. The lowest BCUT2D eigenvalue weighted by Crippen LogP contribution is -1.93. The van der Waals surface area contributed by atoms with E-state index in [1.165, 1.54) is 18.4 Å². The maximum absolute atomic E-state index is 5.32. The fraction of sp³-hybridized carbons (Fsp3) is 0.400. The Morgan fingerprint density at radius 2 is 2.06 bits per heavy atom. The first-order valence-electron chi connectivity index (χ1n) is 6.29. The molecule has 0 N–H and O–H groups in total. The van der Waals surface area contributed by atoms with E-state index in [-0.39, 0.29) is 0 Å². The minimum Gasteiger partial charge on any atom is -0.361 e. The zero-order valence-corrected chi connectivity index (χ0v) is 10.3. The van der Waals surface area contributed by atoms with Gasteiger partial charge in [-0.15, -0.1) is 0 Å². The Bertz CT molecular complexity index is 403. The normalized spacial score (nSPS) is 15.9. The molecular weight excluding hydrogens is 210 g/mol. The third-order valence-electron chi connectivity index (χ3n) is 2.95. The van der Waals surface area contributed by atoms with E-state index in [4.69, 9.17) is 4.84 Å². The van der Waals surface area contributed by atoms with Gasteiger partial charge in [0.05, 0.1) is 0 Å². The maximum Gasteiger partial charge on any atom is 0.140 e. The Balaban J connectivity index is 1.88. The summed E-state index contributed by atoms with van der Waals surface area (Å²) in [5, 5.41) is 3.90. The topological polar surface area (TPSA) is 21.6 Å². The number of benzene rings is 1. The summed E-state index contributed by atoms with van der Waals surface area (Å²) in [7, 11) is 0. The highest BCUT2D eigenvalue weighted by molar-refractivity contribution is 5.79. The average Bonchev–Trinajstić information content (AvgIpc) is 2.41. The molecule has 0 bridgehead atoms. The molecule has 2 nitrogen and oxygen atoms in total. The van der Waals surface area contributed by atoms with Crippen LogP contribution in [-0.2, 0) is 11.3 Å². The SMILES string of the molecule is CCc1ccc([C]=NOC2=CCCCC2)cc1. The van der Waals surface area contributed by atoms with E-state index in [0.717, 1.165) is 30.6 Å². The summed E-state index contributed by atoms with van der Waals surface area (Å²) >= 11 is 0. The van der Waals surface area contributed by atoms with Gasteiger partial charge in [-0.3, -0.25) is 0 Å². The van der Waals surface area contributed by atoms with Gasteiger partial charge in [-0.05, 0) is 37.3 Å². The lowest BCUT2D eigenvalue weighted by atomic mass is 10.1. The van der Waals surface area contributed by atoms with Gasteiger partial charge in [0, 0.05) is 12.0 Å². The van der Waals surface area contributed by atoms with Crippen molar-refractivity contribution in [2.75, 3.05) is 0 Å². The molecular formula is C15H18NO. The molecule has 1 aromatic carbocycles. The summed E-state index contributed by atoms with van der Waals surface area (Å²) in [6.07, 6.45) is 10.7. The molecule has 0 unspecified atom stereocenters. The molecule has 0 saturated heterocycles. The average molecular weight is 228 g/mol. The molecule has 2 heteroatoms. The van der Waals surface area contributed by atoms with Crippen molar-refractivity contribution in [3.8, 4) is 0 Å². The molecule has 0 fully saturated rings. The van der Waals surface area contributed by atoms with Gasteiger partial charge >= 0.3 is 0 Å². The van der Waals surface area contributed by atoms with E-state index < -0.39 is 0 Å². The van der Waals surface area contributed by atoms with Crippen LogP contribution in [0.15, 0.2) is 41.3 Å². The van der Waals surface area contributed by atoms with E-state index >= 15 is 0 Å². The Morgan fingerprint density at radius 1 is 1.24 bits per heavy atom. The van der Waals surface area contributed by atoms with Gasteiger partial charge in [0.2, 0.25) is 0 Å². The maximum atomic E-state index is 5.32. The fourth-order valence-corrected chi connectivity index (χ4v) is 1.84. The minimum absolute atomic E-state index is 0.957. The number of allylic oxidation sites excluding steroid dienone is 2. The number of aryl methyl sites for hydroxylation is 1. The zero-order valence-electron chi connectivity index (χ0n) is 10.3. The van der Waals surface area contributed by atoms with E-state index in [9.17, 15) is 0 Å². The van der Waals surface area contributed by atoms with Crippen molar-refractivity contribution in [2.45, 2.75) is 39.0 Å². The quantitative estimate of drug-likeness (QED) is 0.565. The predicted octanol–water partition coefficient (Wildman–Crippen LogP) is 3.93. The first-order valence-corrected chi connectivity index (χ1v) is 6.29. The summed E-state index contributed by atoms with van der Waals surface area (Å²) in [4.78, 5) is 5.32. The summed E-state index contributed by atoms with van der Waals surface area (Å²) < 4.78 is 0. The summed E-state index contributed by atoms with van der Waals surface area (Å²) in [5.41, 5.74) is 2.28. The van der Waals surface area contributed by atoms with Gasteiger partial charge in [0.15, 0.2) is 0 Å². The first-order chi connectivity index (χ1) is 8.38. The number of hydrogen-bond acceptors (Lipinski definition) is 2. The smallest absolute Gasteiger partial charge is 0.140 e. The molecule has 0 aliphatic heterocycles. The van der Waals surface area contributed by atoms with Gasteiger partial charge in [-0.25, -0.2) is 0 Å². The molecule has 1 aliphatic carbocycles. The third-order valence-corrected chi connectivity index (χ3v) is 2.95. The summed E-state index contributed by atoms with van der Waals surface area (Å²) in [5.74, 6) is 0.980. The van der Waals surface area contributed by atoms with Crippen molar-refractivity contribution in [2.24, 2.45) is 5.16 Å². The predicted molar refractivity (Wildman–Crippen MR) is 70.0 cm³/mol. The van der Waals surface area contributed by atoms with Gasteiger partial charge in [-0.1, -0.05) is 36.3 Å². The fourth-order valence-electron chi connectivity index (χ4n) is 1.84. The highest BCUT2D eigenvalue weighted by atomic mass is 16.6. The standard InChI is InChI=1S/C15H18NO/c1-2-13-8-10-14(11-9-13)12-16-17-15-6-4-3-5-7-15/h6,8-11H,2-5,7H2,1H3. The minimum atomic E-state index is 0.957. The van der Waals surface area contributed by atoms with Crippen LogP contribution in [0.1, 0.15) is 43.7 Å². The molecule has 0 atom stereocenters. The van der Waals surface area contributed by atoms with E-state index in [0.29, 0.717) is 0 Å². The van der Waals surface area contributed by atoms with Gasteiger partial charge in [0.1, 0.15) is 12.0 Å². The second-order valence-corrected chi connectivity index (χ2v) is 4.26. The van der Waals surface area contributed by atoms with Crippen LogP contribution in [0.25, 0.3) is 0 Å². The summed E-state index contributed by atoms with van der Waals surface area (Å²) in [6, 6.07) is 8.22. The molecule has 0 amide bonds. The van der Waals surface area contributed by atoms with Crippen LogP contribution < -0.4 is 0 Å². The lowest BCUT2D eigenvalue weighted by molar-refractivity contribution is 0.210. The molecule has 17 heavy (non-hydrogen) atoms. The number of rotatable bonds is 4. The van der Waals surface area contributed by atoms with Crippen molar-refractivity contribution < 1.29 is 4.84 Å². The van der Waals surface area contributed by atoms with Crippen molar-refractivity contribution in [1.82, 2.24) is 0 Å². The molecule has 0 heterocycles. The zero-order chi connectivity index (χ0) is 11.9. The van der Waals surface area contributed by atoms with E-state index in [1.54, 1.807) is 0 Å². The van der Waals surface area contributed by atoms with Crippen LogP contribution in [0.4, 0.5) is 0 Å². The molecule has 89 valence electrons. The molecule has 0 aromatic heterocycles. The molecule has 1 aromatic rings. The largest absolute Gasteiger partial charge is 0.361 e. The number of nitrogens with zero attached hydrogens (tertiary/aromatic N) is 1. The van der Waals surface area contributed by atoms with Crippen LogP contribution in [0, 0.1) is 0 Å². The van der Waals surface area contributed by atoms with Crippen LogP contribution in [0.2, 0.25) is 0 Å². The lowest BCUT2D eigenvalue weighted by Gasteiger charge is -2.08. The Morgan fingerprint density at radius 3 is 2.71 bits per heavy atom. The summed E-state index contributed by atoms with van der Waals surface area (Å²) in [6.45, 7) is 2.14. The Kier molecular flexibility index (Phi) is 4.37. The van der Waals surface area contributed by atoms with Gasteiger partial charge in [0.25, 0.3) is 0 Å². The molecule has 0 spiro atoms. The van der Waals surface area contributed by atoms with Crippen molar-refractivity contribution in [1.29, 1.82) is 0 Å². The molecule has 2 rings (SSSR count). The van der Waals surface area contributed by atoms with Gasteiger partial charge in [-0.2, -0.15) is 0 Å². The van der Waals surface area contributed by atoms with Crippen LogP contribution in [0.3, 0.4) is 0 Å². The number of hydrogen-bond donors (Lipinski definition) is 0. The van der Waals surface area contributed by atoms with E-state index in [1.807, 2.05) is 12.1 Å². The second kappa shape index (κ2) is 6.24. The Labute approximate surface area is 103 Å². The van der Waals surface area contributed by atoms with Crippen LogP contribution >= 0.6 is 0 Å². The highest BCUT2D eigenvalue weighted by Gasteiger charge is 2.03. The van der Waals surface area contributed by atoms with Crippen molar-refractivity contribution in [3.05, 3.63) is 47.2 Å². The second-order valence-electron chi connectivity index (χ2n) is 4.26. The van der Waals surface area contributed by atoms with E-state index in [2.05, 4.69) is 36.5 Å². The van der Waals surface area contributed by atoms with Crippen LogP contribution in [-0.4, -0.2) is 6.21 Å². The molecule has 1 radical (unpaired) electrons. The molecule has 1 aliphatic rings. The first kappa shape index (κ1) is 11.9. The molecule has 0 saturated carbocycles. The van der Waals surface area contributed by atoms with Crippen molar-refractivity contribution in [3.63, 3.8) is 0 Å².